The Balaban J connectivity index is 1.19. The molecule has 6 rings (SSSR count). The van der Waals surface area contributed by atoms with Crippen LogP contribution in [0.1, 0.15) is 11.4 Å². The maximum Gasteiger partial charge on any atom is 0.316 e. The summed E-state index contributed by atoms with van der Waals surface area (Å²) in [4.78, 5) is 15.6. The third-order valence-electron chi connectivity index (χ3n) is 7.92. The summed E-state index contributed by atoms with van der Waals surface area (Å²) in [5.74, 6) is 1.20. The van der Waals surface area contributed by atoms with Crippen LogP contribution < -0.4 is 10.2 Å². The molecule has 0 saturated carbocycles. The molecule has 0 bridgehead atoms. The predicted octanol–water partition coefficient (Wildman–Crippen LogP) is 6.07. The number of hydrogen-bond acceptors (Lipinski definition) is 20. The first kappa shape index (κ1) is 41.4. The van der Waals surface area contributed by atoms with Crippen molar-refractivity contribution in [1.29, 1.82) is 0 Å². The van der Waals surface area contributed by atoms with Gasteiger partial charge in [-0.05, 0) is 78.4 Å². The molecule has 4 aromatic carbocycles. The zero-order valence-electron chi connectivity index (χ0n) is 30.4. The van der Waals surface area contributed by atoms with E-state index in [0.717, 1.165) is 24.1 Å². The quantitative estimate of drug-likeness (QED) is 0.132. The Morgan fingerprint density at radius 2 is 1.10 bits per heavy atom. The summed E-state index contributed by atoms with van der Waals surface area (Å²) < 4.78 is 105. The highest BCUT2D eigenvalue weighted by Crippen LogP contribution is 2.31. The van der Waals surface area contributed by atoms with Crippen LogP contribution >= 0.6 is 0 Å². The van der Waals surface area contributed by atoms with Gasteiger partial charge in [0.25, 0.3) is 0 Å². The minimum atomic E-state index is -3.72. The highest BCUT2D eigenvalue weighted by molar-refractivity contribution is 7.91. The molecule has 58 heavy (non-hydrogen) atoms. The van der Waals surface area contributed by atoms with Crippen LogP contribution in [-0.2, 0) is 51.8 Å². The monoisotopic (exact) mass is 865 g/mol. The Hall–Kier alpha value is -6.21. The first-order chi connectivity index (χ1) is 27.6. The Morgan fingerprint density at radius 3 is 1.62 bits per heavy atom. The topological polar surface area (TPSA) is 274 Å². The maximum absolute atomic E-state index is 12.2. The van der Waals surface area contributed by atoms with Crippen LogP contribution in [0.15, 0.2) is 124 Å². The van der Waals surface area contributed by atoms with E-state index in [0.29, 0.717) is 61.6 Å². The van der Waals surface area contributed by atoms with Crippen molar-refractivity contribution < 1.29 is 38.4 Å². The van der Waals surface area contributed by atoms with E-state index in [-0.39, 0.29) is 38.5 Å². The minimum absolute atomic E-state index is 0.0534. The van der Waals surface area contributed by atoms with Gasteiger partial charge in [0.1, 0.15) is 5.82 Å². The van der Waals surface area contributed by atoms with E-state index in [9.17, 15) is 33.7 Å². The van der Waals surface area contributed by atoms with Gasteiger partial charge in [0.05, 0.1) is 57.1 Å². The molecule has 1 aliphatic rings. The molecular weight excluding hydrogens is 835 g/mol. The smallest absolute Gasteiger partial charge is 0.316 e. The fourth-order valence-electron chi connectivity index (χ4n) is 5.24. The average Bonchev–Trinajstić information content (AvgIpc) is 3.16. The molecule has 1 fully saturated rings. The predicted molar refractivity (Wildman–Crippen MR) is 211 cm³/mol. The van der Waals surface area contributed by atoms with Crippen molar-refractivity contribution in [2.75, 3.05) is 49.0 Å². The summed E-state index contributed by atoms with van der Waals surface area (Å²) in [6.45, 7) is 2.18. The summed E-state index contributed by atoms with van der Waals surface area (Å²) in [5, 5.41) is 19.7. The first-order valence-electron chi connectivity index (χ1n) is 16.8. The number of aromatic nitrogens is 3. The molecule has 1 N–H and O–H groups in total. The number of ether oxygens (including phenoxy) is 1. The first-order valence-corrected chi connectivity index (χ1v) is 22.6. The molecular formula is C34H31N11O9S4. The zero-order chi connectivity index (χ0) is 41.5. The van der Waals surface area contributed by atoms with Crippen LogP contribution in [0, 0.1) is 0 Å². The fraction of sp³-hybridized carbons (Fsp3) is 0.206. The molecule has 0 aliphatic carbocycles. The highest BCUT2D eigenvalue weighted by Gasteiger charge is 2.18. The fourth-order valence-corrected chi connectivity index (χ4v) is 7.22. The van der Waals surface area contributed by atoms with Crippen molar-refractivity contribution in [2.45, 2.75) is 16.2 Å². The minimum Gasteiger partial charge on any atom is -0.378 e. The Labute approximate surface area is 335 Å². The maximum atomic E-state index is 12.2. The summed E-state index contributed by atoms with van der Waals surface area (Å²) in [7, 11) is -13.0. The van der Waals surface area contributed by atoms with E-state index in [4.69, 9.17) is 9.72 Å². The normalized spacial score (nSPS) is 13.4. The standard InChI is InChI=1S/C34H31N11O9S4/c1-57(50,51)30-19-27(20-31(21-30)58(2,52)53)42-40-25-9-7-23(8-10-25)35-33-36-32(37-34(38-33)45-11-13-54-14-12-45)15-22-3-5-24(6-4-22)39-41-26-16-28(43-55(46)47)18-29(17-26)44-56(48)49/h3-10,16-21H,11-15H2,1-2H3,(H,35,36,37,38). The van der Waals surface area contributed by atoms with E-state index in [2.05, 4.69) is 44.5 Å². The van der Waals surface area contributed by atoms with Gasteiger partial charge in [0.15, 0.2) is 19.7 Å². The van der Waals surface area contributed by atoms with Crippen molar-refractivity contribution in [1.82, 2.24) is 15.0 Å². The molecule has 5 aromatic rings. The average molecular weight is 866 g/mol. The number of benzene rings is 4. The molecule has 0 unspecified atom stereocenters. The van der Waals surface area contributed by atoms with Gasteiger partial charge in [-0.1, -0.05) is 12.1 Å². The molecule has 1 aliphatic heterocycles. The lowest BCUT2D eigenvalue weighted by Gasteiger charge is -2.27. The van der Waals surface area contributed by atoms with E-state index >= 15 is 0 Å². The number of morpholine rings is 1. The molecule has 0 radical (unpaired) electrons. The van der Waals surface area contributed by atoms with Gasteiger partial charge < -0.3 is 15.0 Å². The summed E-state index contributed by atoms with van der Waals surface area (Å²) >= 11 is 0. The van der Waals surface area contributed by atoms with Gasteiger partial charge >= 0.3 is 21.0 Å². The van der Waals surface area contributed by atoms with E-state index < -0.39 is 40.7 Å². The number of azo groups is 2. The third-order valence-corrected chi connectivity index (χ3v) is 10.8. The van der Waals surface area contributed by atoms with E-state index in [1.54, 1.807) is 48.5 Å². The Morgan fingerprint density at radius 1 is 0.621 bits per heavy atom. The molecule has 0 atom stereocenters. The van der Waals surface area contributed by atoms with Crippen molar-refractivity contribution in [3.05, 3.63) is 96.3 Å². The van der Waals surface area contributed by atoms with E-state index in [1.807, 2.05) is 4.90 Å². The van der Waals surface area contributed by atoms with Gasteiger partial charge in [-0.15, -0.1) is 8.73 Å². The second-order valence-electron chi connectivity index (χ2n) is 12.4. The van der Waals surface area contributed by atoms with Crippen LogP contribution in [0.5, 0.6) is 0 Å². The summed E-state index contributed by atoms with van der Waals surface area (Å²) in [6.07, 6.45) is 2.27. The molecule has 1 aromatic heterocycles. The second-order valence-corrected chi connectivity index (χ2v) is 17.7. The van der Waals surface area contributed by atoms with Gasteiger partial charge in [0, 0.05) is 37.7 Å². The number of nitrogens with zero attached hydrogens (tertiary/aromatic N) is 10. The zero-order valence-corrected chi connectivity index (χ0v) is 33.7. The molecule has 0 spiro atoms. The number of hydrogen-bond donors (Lipinski definition) is 1. The largest absolute Gasteiger partial charge is 0.378 e. The SMILES string of the molecule is CS(=O)(=O)c1cc(N=Nc2ccc(Nc3nc(Cc4ccc(N=Nc5cc(N=S(=O)=O)cc(N=S(=O)=O)c5)cc4)nc(N4CCOCC4)n3)cc2)cc(S(C)(=O)=O)c1. The summed E-state index contributed by atoms with van der Waals surface area (Å²) in [6, 6.07) is 21.1. The number of nitrogens with one attached hydrogen (secondary N) is 1. The van der Waals surface area contributed by atoms with Crippen molar-refractivity contribution in [3.8, 4) is 0 Å². The lowest BCUT2D eigenvalue weighted by atomic mass is 10.1. The van der Waals surface area contributed by atoms with Gasteiger partial charge in [-0.3, -0.25) is 0 Å². The lowest BCUT2D eigenvalue weighted by molar-refractivity contribution is 0.122. The second kappa shape index (κ2) is 17.9. The Bertz CT molecular complexity index is 2820. The molecule has 20 nitrogen and oxygen atoms in total. The molecule has 2 heterocycles. The van der Waals surface area contributed by atoms with Crippen LogP contribution in [0.2, 0.25) is 0 Å². The molecule has 300 valence electrons. The van der Waals surface area contributed by atoms with Crippen LogP contribution in [-0.4, -0.2) is 87.4 Å². The Kier molecular flexibility index (Phi) is 12.8. The molecule has 0 amide bonds. The lowest BCUT2D eigenvalue weighted by Crippen LogP contribution is -2.37. The van der Waals surface area contributed by atoms with Crippen molar-refractivity contribution >= 4 is 92.4 Å². The van der Waals surface area contributed by atoms with Crippen LogP contribution in [0.25, 0.3) is 0 Å². The van der Waals surface area contributed by atoms with Crippen LogP contribution in [0.4, 0.5) is 51.7 Å². The van der Waals surface area contributed by atoms with Gasteiger partial charge in [0.2, 0.25) is 11.9 Å². The highest BCUT2D eigenvalue weighted by atomic mass is 32.2. The third kappa shape index (κ3) is 11.9. The van der Waals surface area contributed by atoms with Crippen molar-refractivity contribution in [3.63, 3.8) is 0 Å². The number of anilines is 3. The molecule has 24 heteroatoms. The number of sulfone groups is 2. The summed E-state index contributed by atoms with van der Waals surface area (Å²) in [5.41, 5.74) is 2.33. The van der Waals surface area contributed by atoms with Crippen LogP contribution in [0.3, 0.4) is 0 Å². The molecule has 1 saturated heterocycles. The number of rotatable bonds is 13. The van der Waals surface area contributed by atoms with Crippen molar-refractivity contribution in [2.24, 2.45) is 29.2 Å². The van der Waals surface area contributed by atoms with E-state index in [1.165, 1.54) is 30.3 Å². The van der Waals surface area contributed by atoms with Gasteiger partial charge in [-0.25, -0.2) is 16.8 Å². The van der Waals surface area contributed by atoms with Gasteiger partial charge in [-0.2, -0.15) is 52.2 Å².